The number of carbonyl (C=O) groups excluding carboxylic acids is 1. The fraction of sp³-hybridized carbons (Fsp3) is 0.200. The van der Waals surface area contributed by atoms with E-state index >= 15 is 0 Å². The molecule has 1 aromatic rings. The van der Waals surface area contributed by atoms with Gasteiger partial charge in [-0.15, -0.1) is 0 Å². The van der Waals surface area contributed by atoms with Crippen molar-refractivity contribution >= 4 is 11.8 Å². The molecule has 0 heterocycles. The second-order valence-corrected chi connectivity index (χ2v) is 2.75. The maximum absolute atomic E-state index is 13.1. The average Bonchev–Trinajstić information content (AvgIpc) is 2.16. The van der Waals surface area contributed by atoms with Gasteiger partial charge in [0.05, 0.1) is 0 Å². The van der Waals surface area contributed by atoms with E-state index in [9.17, 15) is 14.0 Å². The van der Waals surface area contributed by atoms with E-state index in [1.807, 2.05) is 0 Å². The molecule has 1 rings (SSSR count). The van der Waals surface area contributed by atoms with Crippen molar-refractivity contribution < 1.29 is 19.1 Å². The van der Waals surface area contributed by atoms with Crippen molar-refractivity contribution in [3.8, 4) is 0 Å². The highest BCUT2D eigenvalue weighted by molar-refractivity contribution is 6.40. The lowest BCUT2D eigenvalue weighted by molar-refractivity contribution is -0.131. The van der Waals surface area contributed by atoms with E-state index in [4.69, 9.17) is 5.11 Å². The molecule has 0 aromatic heterocycles. The summed E-state index contributed by atoms with van der Waals surface area (Å²) in [5.74, 6) is -3.17. The normalized spacial score (nSPS) is 9.86. The van der Waals surface area contributed by atoms with Gasteiger partial charge in [0, 0.05) is 5.56 Å². The molecule has 0 spiro atoms. The SMILES string of the molecule is CCc1c(F)cccc1C(=O)C(=O)O. The van der Waals surface area contributed by atoms with Gasteiger partial charge in [0.15, 0.2) is 0 Å². The predicted molar refractivity (Wildman–Crippen MR) is 47.7 cm³/mol. The number of hydrogen-bond donors (Lipinski definition) is 1. The molecule has 1 aromatic carbocycles. The minimum absolute atomic E-state index is 0.0694. The molecule has 1 N–H and O–H groups in total. The Hall–Kier alpha value is -1.71. The molecule has 0 fully saturated rings. The summed E-state index contributed by atoms with van der Waals surface area (Å²) in [6.45, 7) is 1.66. The van der Waals surface area contributed by atoms with Gasteiger partial charge in [0.25, 0.3) is 5.78 Å². The zero-order chi connectivity index (χ0) is 10.7. The maximum Gasteiger partial charge on any atom is 0.377 e. The summed E-state index contributed by atoms with van der Waals surface area (Å²) in [5, 5.41) is 8.47. The fourth-order valence-corrected chi connectivity index (χ4v) is 1.25. The topological polar surface area (TPSA) is 54.4 Å². The van der Waals surface area contributed by atoms with Crippen molar-refractivity contribution in [2.75, 3.05) is 0 Å². The monoisotopic (exact) mass is 196 g/mol. The fourth-order valence-electron chi connectivity index (χ4n) is 1.25. The third-order valence-corrected chi connectivity index (χ3v) is 1.91. The van der Waals surface area contributed by atoms with Gasteiger partial charge in [-0.1, -0.05) is 19.1 Å². The summed E-state index contributed by atoms with van der Waals surface area (Å²) in [6.07, 6.45) is 0.293. The third-order valence-electron chi connectivity index (χ3n) is 1.91. The van der Waals surface area contributed by atoms with Crippen LogP contribution in [-0.4, -0.2) is 16.9 Å². The van der Waals surface area contributed by atoms with Gasteiger partial charge < -0.3 is 5.11 Å². The van der Waals surface area contributed by atoms with E-state index < -0.39 is 17.6 Å². The molecule has 0 saturated carbocycles. The molecule has 0 unspecified atom stereocenters. The number of carboxylic acids is 1. The summed E-state index contributed by atoms with van der Waals surface area (Å²) < 4.78 is 13.1. The van der Waals surface area contributed by atoms with E-state index in [0.29, 0.717) is 6.42 Å². The first kappa shape index (κ1) is 10.4. The Balaban J connectivity index is 3.27. The lowest BCUT2D eigenvalue weighted by Gasteiger charge is -2.04. The van der Waals surface area contributed by atoms with Gasteiger partial charge >= 0.3 is 5.97 Å². The van der Waals surface area contributed by atoms with Crippen LogP contribution in [0.15, 0.2) is 18.2 Å². The first-order valence-electron chi connectivity index (χ1n) is 4.13. The molecule has 4 heteroatoms. The number of ketones is 1. The van der Waals surface area contributed by atoms with Gasteiger partial charge in [-0.25, -0.2) is 9.18 Å². The molecule has 0 amide bonds. The summed E-state index contributed by atoms with van der Waals surface area (Å²) in [4.78, 5) is 21.5. The van der Waals surface area contributed by atoms with Crippen LogP contribution >= 0.6 is 0 Å². The molecule has 0 radical (unpaired) electrons. The van der Waals surface area contributed by atoms with Gasteiger partial charge in [0.2, 0.25) is 0 Å². The molecule has 0 bridgehead atoms. The van der Waals surface area contributed by atoms with Crippen molar-refractivity contribution in [1.29, 1.82) is 0 Å². The third kappa shape index (κ3) is 1.79. The van der Waals surface area contributed by atoms with Crippen molar-refractivity contribution in [2.45, 2.75) is 13.3 Å². The van der Waals surface area contributed by atoms with E-state index in [1.54, 1.807) is 6.92 Å². The Bertz CT molecular complexity index is 385. The van der Waals surface area contributed by atoms with E-state index in [1.165, 1.54) is 18.2 Å². The minimum atomic E-state index is -1.56. The van der Waals surface area contributed by atoms with Crippen molar-refractivity contribution in [2.24, 2.45) is 0 Å². The van der Waals surface area contributed by atoms with Crippen molar-refractivity contribution in [3.05, 3.63) is 35.1 Å². The highest BCUT2D eigenvalue weighted by Crippen LogP contribution is 2.14. The first-order chi connectivity index (χ1) is 6.57. The highest BCUT2D eigenvalue weighted by atomic mass is 19.1. The van der Waals surface area contributed by atoms with Crippen LogP contribution in [0.4, 0.5) is 4.39 Å². The second-order valence-electron chi connectivity index (χ2n) is 2.75. The number of Topliss-reactive ketones (excluding diaryl/α,β-unsaturated/α-hetero) is 1. The van der Waals surface area contributed by atoms with Crippen LogP contribution in [0.3, 0.4) is 0 Å². The van der Waals surface area contributed by atoms with Crippen LogP contribution in [0.25, 0.3) is 0 Å². The maximum atomic E-state index is 13.1. The molecule has 74 valence electrons. The number of halogens is 1. The minimum Gasteiger partial charge on any atom is -0.475 e. The summed E-state index contributed by atoms with van der Waals surface area (Å²) in [6, 6.07) is 3.85. The van der Waals surface area contributed by atoms with Crippen LogP contribution in [0.2, 0.25) is 0 Å². The van der Waals surface area contributed by atoms with Crippen LogP contribution in [0.5, 0.6) is 0 Å². The Morgan fingerprint density at radius 3 is 2.57 bits per heavy atom. The van der Waals surface area contributed by atoms with Crippen LogP contribution in [0.1, 0.15) is 22.8 Å². The van der Waals surface area contributed by atoms with E-state index in [0.717, 1.165) is 0 Å². The van der Waals surface area contributed by atoms with Crippen molar-refractivity contribution in [1.82, 2.24) is 0 Å². The second kappa shape index (κ2) is 4.00. The lowest BCUT2D eigenvalue weighted by Crippen LogP contribution is -2.15. The number of aliphatic carboxylic acids is 1. The van der Waals surface area contributed by atoms with Gasteiger partial charge in [-0.05, 0) is 18.1 Å². The first-order valence-corrected chi connectivity index (χ1v) is 4.13. The Labute approximate surface area is 80.2 Å². The zero-order valence-electron chi connectivity index (χ0n) is 7.58. The molecule has 3 nitrogen and oxygen atoms in total. The Morgan fingerprint density at radius 1 is 1.43 bits per heavy atom. The summed E-state index contributed by atoms with van der Waals surface area (Å²) in [7, 11) is 0. The summed E-state index contributed by atoms with van der Waals surface area (Å²) in [5.41, 5.74) is 0.0832. The molecule has 0 aliphatic heterocycles. The molecule has 0 saturated heterocycles. The standard InChI is InChI=1S/C10H9FO3/c1-2-6-7(9(12)10(13)14)4-3-5-8(6)11/h3-5H,2H2,1H3,(H,13,14). The number of rotatable bonds is 3. The Morgan fingerprint density at radius 2 is 2.07 bits per heavy atom. The van der Waals surface area contributed by atoms with E-state index in [-0.39, 0.29) is 11.1 Å². The predicted octanol–water partition coefficient (Wildman–Crippen LogP) is 1.66. The largest absolute Gasteiger partial charge is 0.475 e. The molecular weight excluding hydrogens is 187 g/mol. The van der Waals surface area contributed by atoms with Crippen molar-refractivity contribution in [3.63, 3.8) is 0 Å². The smallest absolute Gasteiger partial charge is 0.377 e. The van der Waals surface area contributed by atoms with Gasteiger partial charge in [0.1, 0.15) is 5.82 Å². The van der Waals surface area contributed by atoms with Crippen LogP contribution < -0.4 is 0 Å². The molecular formula is C10H9FO3. The van der Waals surface area contributed by atoms with E-state index in [2.05, 4.69) is 0 Å². The number of carbonyl (C=O) groups is 2. The molecule has 0 aliphatic rings. The molecule has 0 aliphatic carbocycles. The highest BCUT2D eigenvalue weighted by Gasteiger charge is 2.19. The number of hydrogen-bond acceptors (Lipinski definition) is 2. The summed E-state index contributed by atoms with van der Waals surface area (Å²) >= 11 is 0. The molecule has 14 heavy (non-hydrogen) atoms. The molecule has 0 atom stereocenters. The van der Waals surface area contributed by atoms with Crippen LogP contribution in [0, 0.1) is 5.82 Å². The Kier molecular flexibility index (Phi) is 2.96. The van der Waals surface area contributed by atoms with Gasteiger partial charge in [-0.2, -0.15) is 0 Å². The van der Waals surface area contributed by atoms with Gasteiger partial charge in [-0.3, -0.25) is 4.79 Å². The number of benzene rings is 1. The van der Waals surface area contributed by atoms with Crippen LogP contribution in [-0.2, 0) is 11.2 Å². The quantitative estimate of drug-likeness (QED) is 0.590. The lowest BCUT2D eigenvalue weighted by atomic mass is 10.0. The average molecular weight is 196 g/mol. The number of carboxylic acid groups (broad SMARTS) is 1. The zero-order valence-corrected chi connectivity index (χ0v) is 7.58.